The lowest BCUT2D eigenvalue weighted by Gasteiger charge is -2.21. The van der Waals surface area contributed by atoms with Gasteiger partial charge in [0.2, 0.25) is 0 Å². The van der Waals surface area contributed by atoms with Crippen LogP contribution in [0.3, 0.4) is 0 Å². The number of hydrogen-bond acceptors (Lipinski definition) is 3. The molecule has 0 saturated carbocycles. The molecular formula is C16H24O3. The highest BCUT2D eigenvalue weighted by atomic mass is 16.6. The lowest BCUT2D eigenvalue weighted by molar-refractivity contribution is -0.153. The highest BCUT2D eigenvalue weighted by Crippen LogP contribution is 2.19. The third-order valence-corrected chi connectivity index (χ3v) is 2.12. The zero-order chi connectivity index (χ0) is 14.7. The van der Waals surface area contributed by atoms with Crippen LogP contribution in [0.25, 0.3) is 0 Å². The summed E-state index contributed by atoms with van der Waals surface area (Å²) in [6, 6.07) is 7.55. The number of ether oxygens (including phenoxy) is 2. The number of rotatable bonds is 3. The Hall–Kier alpha value is -1.51. The molecule has 3 nitrogen and oxygen atoms in total. The second kappa shape index (κ2) is 5.64. The normalized spacial score (nSPS) is 12.1. The van der Waals surface area contributed by atoms with E-state index in [1.165, 1.54) is 0 Å². The molecular weight excluding hydrogens is 240 g/mol. The van der Waals surface area contributed by atoms with Gasteiger partial charge in [-0.2, -0.15) is 0 Å². The average molecular weight is 264 g/mol. The predicted octanol–water partition coefficient (Wildman–Crippen LogP) is 3.75. The summed E-state index contributed by atoms with van der Waals surface area (Å²) in [6.45, 7) is 11.6. The van der Waals surface area contributed by atoms with Gasteiger partial charge in [-0.15, -0.1) is 0 Å². The van der Waals surface area contributed by atoms with Crippen LogP contribution in [-0.2, 0) is 16.0 Å². The molecule has 0 heterocycles. The van der Waals surface area contributed by atoms with Crippen molar-refractivity contribution in [1.82, 2.24) is 0 Å². The SMILES string of the molecule is CC(C)(C)OC(=O)Cc1ccc(OC(C)(C)C)cc1. The Balaban J connectivity index is 2.60. The van der Waals surface area contributed by atoms with Crippen LogP contribution in [0.15, 0.2) is 24.3 Å². The van der Waals surface area contributed by atoms with Gasteiger partial charge in [-0.1, -0.05) is 12.1 Å². The molecule has 0 spiro atoms. The summed E-state index contributed by atoms with van der Waals surface area (Å²) >= 11 is 0. The molecule has 106 valence electrons. The maximum atomic E-state index is 11.7. The van der Waals surface area contributed by atoms with Crippen molar-refractivity contribution in [2.75, 3.05) is 0 Å². The summed E-state index contributed by atoms with van der Waals surface area (Å²) in [6.07, 6.45) is 0.285. The van der Waals surface area contributed by atoms with Crippen molar-refractivity contribution in [2.24, 2.45) is 0 Å². The lowest BCUT2D eigenvalue weighted by Crippen LogP contribution is -2.25. The quantitative estimate of drug-likeness (QED) is 0.780. The van der Waals surface area contributed by atoms with E-state index in [1.807, 2.05) is 65.8 Å². The fraction of sp³-hybridized carbons (Fsp3) is 0.562. The molecule has 0 aliphatic heterocycles. The summed E-state index contributed by atoms with van der Waals surface area (Å²) in [5.41, 5.74) is 0.273. The minimum atomic E-state index is -0.438. The summed E-state index contributed by atoms with van der Waals surface area (Å²) in [5.74, 6) is 0.595. The third kappa shape index (κ3) is 6.85. The molecule has 1 aromatic carbocycles. The maximum absolute atomic E-state index is 11.7. The zero-order valence-corrected chi connectivity index (χ0v) is 12.7. The Morgan fingerprint density at radius 3 is 1.89 bits per heavy atom. The van der Waals surface area contributed by atoms with Crippen molar-refractivity contribution < 1.29 is 14.3 Å². The molecule has 0 fully saturated rings. The van der Waals surface area contributed by atoms with Gasteiger partial charge in [0.05, 0.1) is 6.42 Å². The molecule has 0 saturated heterocycles. The van der Waals surface area contributed by atoms with E-state index in [4.69, 9.17) is 9.47 Å². The zero-order valence-electron chi connectivity index (χ0n) is 12.7. The molecule has 1 rings (SSSR count). The van der Waals surface area contributed by atoms with E-state index in [2.05, 4.69) is 0 Å². The fourth-order valence-corrected chi connectivity index (χ4v) is 1.57. The Labute approximate surface area is 115 Å². The molecule has 0 radical (unpaired) electrons. The lowest BCUT2D eigenvalue weighted by atomic mass is 10.1. The molecule has 0 atom stereocenters. The van der Waals surface area contributed by atoms with E-state index in [-0.39, 0.29) is 18.0 Å². The van der Waals surface area contributed by atoms with Crippen LogP contribution in [0.1, 0.15) is 47.1 Å². The van der Waals surface area contributed by atoms with Crippen molar-refractivity contribution in [3.63, 3.8) is 0 Å². The highest BCUT2D eigenvalue weighted by Gasteiger charge is 2.16. The topological polar surface area (TPSA) is 35.5 Å². The van der Waals surface area contributed by atoms with Crippen molar-refractivity contribution in [2.45, 2.75) is 59.2 Å². The number of esters is 1. The second-order valence-electron chi connectivity index (χ2n) is 6.62. The number of carbonyl (C=O) groups excluding carboxylic acids is 1. The molecule has 1 aromatic rings. The number of carbonyl (C=O) groups is 1. The van der Waals surface area contributed by atoms with E-state index < -0.39 is 5.60 Å². The predicted molar refractivity (Wildman–Crippen MR) is 76.4 cm³/mol. The number of hydrogen-bond donors (Lipinski definition) is 0. The Morgan fingerprint density at radius 1 is 0.947 bits per heavy atom. The van der Waals surface area contributed by atoms with E-state index in [9.17, 15) is 4.79 Å². The summed E-state index contributed by atoms with van der Waals surface area (Å²) < 4.78 is 11.0. The van der Waals surface area contributed by atoms with Crippen LogP contribution in [0.4, 0.5) is 0 Å². The standard InChI is InChI=1S/C16H24O3/c1-15(2,3)18-13-9-7-12(8-10-13)11-14(17)19-16(4,5)6/h7-10H,11H2,1-6H3. The minimum absolute atomic E-state index is 0.211. The first-order chi connectivity index (χ1) is 8.55. The molecule has 0 aliphatic carbocycles. The Bertz CT molecular complexity index is 419. The van der Waals surface area contributed by atoms with E-state index in [0.29, 0.717) is 0 Å². The molecule has 0 bridgehead atoms. The van der Waals surface area contributed by atoms with Crippen molar-refractivity contribution >= 4 is 5.97 Å². The summed E-state index contributed by atoms with van der Waals surface area (Å²) in [5, 5.41) is 0. The van der Waals surface area contributed by atoms with Crippen molar-refractivity contribution in [3.8, 4) is 5.75 Å². The van der Waals surface area contributed by atoms with Crippen LogP contribution in [-0.4, -0.2) is 17.2 Å². The van der Waals surface area contributed by atoms with E-state index >= 15 is 0 Å². The molecule has 0 N–H and O–H groups in total. The first-order valence-electron chi connectivity index (χ1n) is 6.55. The van der Waals surface area contributed by atoms with Gasteiger partial charge in [0.15, 0.2) is 0 Å². The second-order valence-corrected chi connectivity index (χ2v) is 6.62. The highest BCUT2D eigenvalue weighted by molar-refractivity contribution is 5.73. The van der Waals surface area contributed by atoms with E-state index in [1.54, 1.807) is 0 Å². The van der Waals surface area contributed by atoms with Crippen molar-refractivity contribution in [3.05, 3.63) is 29.8 Å². The third-order valence-electron chi connectivity index (χ3n) is 2.12. The van der Waals surface area contributed by atoms with Gasteiger partial charge in [0.25, 0.3) is 0 Å². The van der Waals surface area contributed by atoms with Gasteiger partial charge < -0.3 is 9.47 Å². The van der Waals surface area contributed by atoms with Gasteiger partial charge in [-0.25, -0.2) is 0 Å². The molecule has 0 unspecified atom stereocenters. The molecule has 3 heteroatoms. The van der Waals surface area contributed by atoms with Gasteiger partial charge >= 0.3 is 5.97 Å². The first-order valence-corrected chi connectivity index (χ1v) is 6.55. The Kier molecular flexibility index (Phi) is 4.61. The van der Waals surface area contributed by atoms with Gasteiger partial charge in [-0.3, -0.25) is 4.79 Å². The molecule has 19 heavy (non-hydrogen) atoms. The summed E-state index contributed by atoms with van der Waals surface area (Å²) in [4.78, 5) is 11.7. The van der Waals surface area contributed by atoms with Crippen LogP contribution < -0.4 is 4.74 Å². The average Bonchev–Trinajstić information content (AvgIpc) is 2.15. The van der Waals surface area contributed by atoms with Crippen LogP contribution in [0.2, 0.25) is 0 Å². The van der Waals surface area contributed by atoms with Crippen LogP contribution in [0, 0.1) is 0 Å². The van der Waals surface area contributed by atoms with Crippen LogP contribution in [0.5, 0.6) is 5.75 Å². The fourth-order valence-electron chi connectivity index (χ4n) is 1.57. The monoisotopic (exact) mass is 264 g/mol. The minimum Gasteiger partial charge on any atom is -0.488 e. The van der Waals surface area contributed by atoms with Gasteiger partial charge in [-0.05, 0) is 59.2 Å². The van der Waals surface area contributed by atoms with Gasteiger partial charge in [0, 0.05) is 0 Å². The van der Waals surface area contributed by atoms with E-state index in [0.717, 1.165) is 11.3 Å². The van der Waals surface area contributed by atoms with Crippen LogP contribution >= 0.6 is 0 Å². The first kappa shape index (κ1) is 15.5. The Morgan fingerprint density at radius 2 is 1.47 bits per heavy atom. The van der Waals surface area contributed by atoms with Crippen molar-refractivity contribution in [1.29, 1.82) is 0 Å². The number of benzene rings is 1. The maximum Gasteiger partial charge on any atom is 0.310 e. The molecule has 0 aromatic heterocycles. The van der Waals surface area contributed by atoms with Gasteiger partial charge in [0.1, 0.15) is 17.0 Å². The largest absolute Gasteiger partial charge is 0.488 e. The smallest absolute Gasteiger partial charge is 0.310 e. The summed E-state index contributed by atoms with van der Waals surface area (Å²) in [7, 11) is 0. The molecule has 0 aliphatic rings. The molecule has 0 amide bonds.